The molecule has 1 atom stereocenters. The molecule has 0 fully saturated rings. The summed E-state index contributed by atoms with van der Waals surface area (Å²) in [4.78, 5) is 12.8. The smallest absolute Gasteiger partial charge is 0.212 e. The Bertz CT molecular complexity index is 789. The van der Waals surface area contributed by atoms with Gasteiger partial charge < -0.3 is 0 Å². The Balaban J connectivity index is 2.08. The molecule has 6 heteroatoms. The molecule has 0 spiro atoms. The molecule has 3 rings (SSSR count). The van der Waals surface area contributed by atoms with E-state index in [-0.39, 0.29) is 15.7 Å². The van der Waals surface area contributed by atoms with E-state index in [9.17, 15) is 4.39 Å². The number of halogens is 3. The summed E-state index contributed by atoms with van der Waals surface area (Å²) in [5.74, 6) is 0.358. The molecule has 0 radical (unpaired) electrons. The number of allylic oxidation sites excluding steroid dienone is 4. The third-order valence-electron chi connectivity index (χ3n) is 3.55. The van der Waals surface area contributed by atoms with Crippen molar-refractivity contribution in [2.75, 3.05) is 0 Å². The minimum absolute atomic E-state index is 0.0523. The number of nitrogens with zero attached hydrogens (tertiary/aromatic N) is 3. The lowest BCUT2D eigenvalue weighted by atomic mass is 9.83. The van der Waals surface area contributed by atoms with Gasteiger partial charge in [0.05, 0.1) is 5.02 Å². The van der Waals surface area contributed by atoms with Crippen LogP contribution in [0.1, 0.15) is 19.2 Å². The van der Waals surface area contributed by atoms with E-state index < -0.39 is 5.82 Å². The molecule has 0 bridgehead atoms. The topological polar surface area (TPSA) is 38.7 Å². The van der Waals surface area contributed by atoms with Gasteiger partial charge in [-0.25, -0.2) is 14.4 Å². The van der Waals surface area contributed by atoms with Crippen molar-refractivity contribution in [1.82, 2.24) is 15.0 Å². The fourth-order valence-electron chi connectivity index (χ4n) is 2.26. The average molecular weight is 336 g/mol. The van der Waals surface area contributed by atoms with Crippen molar-refractivity contribution in [3.8, 4) is 11.4 Å². The van der Waals surface area contributed by atoms with Gasteiger partial charge >= 0.3 is 0 Å². The largest absolute Gasteiger partial charge is 0.226 e. The number of benzene rings is 1. The first-order valence-corrected chi connectivity index (χ1v) is 7.45. The summed E-state index contributed by atoms with van der Waals surface area (Å²) in [5.41, 5.74) is 0.146. The van der Waals surface area contributed by atoms with Gasteiger partial charge in [-0.2, -0.15) is 4.98 Å². The molecule has 1 aromatic heterocycles. The molecule has 0 N–H and O–H groups in total. The highest BCUT2D eigenvalue weighted by Crippen LogP contribution is 2.31. The van der Waals surface area contributed by atoms with Gasteiger partial charge in [0.15, 0.2) is 5.82 Å². The molecule has 1 unspecified atom stereocenters. The Hall–Kier alpha value is -1.78. The molecule has 0 saturated carbocycles. The zero-order valence-corrected chi connectivity index (χ0v) is 13.2. The summed E-state index contributed by atoms with van der Waals surface area (Å²) in [7, 11) is 0. The van der Waals surface area contributed by atoms with Crippen LogP contribution in [-0.4, -0.2) is 15.0 Å². The molecule has 1 aromatic carbocycles. The minimum Gasteiger partial charge on any atom is -0.212 e. The monoisotopic (exact) mass is 335 g/mol. The van der Waals surface area contributed by atoms with E-state index >= 15 is 0 Å². The predicted octanol–water partition coefficient (Wildman–Crippen LogP) is 4.76. The standard InChI is InChI=1S/C16H12Cl2FN3/c1-16(7-3-2-4-8-16)14-20-13(21-15(18)22-14)10-5-6-11(17)12(19)9-10/h2-7,9H,8H2,1H3. The van der Waals surface area contributed by atoms with Crippen LogP contribution in [0.15, 0.2) is 42.5 Å². The summed E-state index contributed by atoms with van der Waals surface area (Å²) in [6.07, 6.45) is 8.74. The number of aromatic nitrogens is 3. The highest BCUT2D eigenvalue weighted by atomic mass is 35.5. The van der Waals surface area contributed by atoms with E-state index in [0.717, 1.165) is 6.42 Å². The second-order valence-electron chi connectivity index (χ2n) is 5.29. The Morgan fingerprint density at radius 3 is 2.64 bits per heavy atom. The normalized spacial score (nSPS) is 20.4. The van der Waals surface area contributed by atoms with Gasteiger partial charge in [-0.05, 0) is 43.1 Å². The quantitative estimate of drug-likeness (QED) is 0.794. The molecular formula is C16H12Cl2FN3. The maximum atomic E-state index is 13.6. The van der Waals surface area contributed by atoms with Gasteiger partial charge in [-0.3, -0.25) is 0 Å². The molecule has 1 aliphatic carbocycles. The maximum Gasteiger partial charge on any atom is 0.226 e. The molecule has 1 heterocycles. The summed E-state index contributed by atoms with van der Waals surface area (Å²) in [5, 5.41) is 0.135. The van der Waals surface area contributed by atoms with Crippen molar-refractivity contribution in [2.24, 2.45) is 0 Å². The van der Waals surface area contributed by atoms with Gasteiger partial charge in [0.2, 0.25) is 5.28 Å². The van der Waals surface area contributed by atoms with Crippen LogP contribution in [0.2, 0.25) is 10.3 Å². The highest BCUT2D eigenvalue weighted by Gasteiger charge is 2.28. The molecular weight excluding hydrogens is 324 g/mol. The maximum absolute atomic E-state index is 13.6. The molecule has 1 aliphatic rings. The predicted molar refractivity (Wildman–Crippen MR) is 85.5 cm³/mol. The second-order valence-corrected chi connectivity index (χ2v) is 6.03. The SMILES string of the molecule is CC1(c2nc(Cl)nc(-c3ccc(Cl)c(F)c3)n2)C=CC=CC1. The van der Waals surface area contributed by atoms with Crippen molar-refractivity contribution >= 4 is 23.2 Å². The first-order valence-electron chi connectivity index (χ1n) is 6.70. The Morgan fingerprint density at radius 1 is 1.14 bits per heavy atom. The molecule has 3 nitrogen and oxygen atoms in total. The van der Waals surface area contributed by atoms with Gasteiger partial charge in [0.1, 0.15) is 11.6 Å². The van der Waals surface area contributed by atoms with Gasteiger partial charge in [-0.1, -0.05) is 35.9 Å². The fraction of sp³-hybridized carbons (Fsp3) is 0.188. The summed E-state index contributed by atoms with van der Waals surface area (Å²) in [6.45, 7) is 2.02. The van der Waals surface area contributed by atoms with Gasteiger partial charge in [0, 0.05) is 11.0 Å². The van der Waals surface area contributed by atoms with E-state index in [1.807, 2.05) is 31.2 Å². The summed E-state index contributed by atoms with van der Waals surface area (Å²) >= 11 is 11.7. The molecule has 0 saturated heterocycles. The van der Waals surface area contributed by atoms with Crippen LogP contribution in [0.3, 0.4) is 0 Å². The van der Waals surface area contributed by atoms with E-state index in [4.69, 9.17) is 23.2 Å². The summed E-state index contributed by atoms with van der Waals surface area (Å²) in [6, 6.07) is 4.41. The molecule has 22 heavy (non-hydrogen) atoms. The van der Waals surface area contributed by atoms with Crippen LogP contribution in [0.4, 0.5) is 4.39 Å². The number of rotatable bonds is 2. The van der Waals surface area contributed by atoms with Gasteiger partial charge in [0.25, 0.3) is 0 Å². The zero-order valence-electron chi connectivity index (χ0n) is 11.7. The van der Waals surface area contributed by atoms with Crippen LogP contribution in [0.25, 0.3) is 11.4 Å². The van der Waals surface area contributed by atoms with Crippen molar-refractivity contribution in [2.45, 2.75) is 18.8 Å². The van der Waals surface area contributed by atoms with Crippen molar-refractivity contribution in [3.63, 3.8) is 0 Å². The third kappa shape index (κ3) is 2.89. The Morgan fingerprint density at radius 2 is 1.95 bits per heavy atom. The van der Waals surface area contributed by atoms with Crippen LogP contribution in [0, 0.1) is 5.82 Å². The van der Waals surface area contributed by atoms with Crippen LogP contribution in [-0.2, 0) is 5.41 Å². The van der Waals surface area contributed by atoms with E-state index in [2.05, 4.69) is 15.0 Å². The van der Waals surface area contributed by atoms with Crippen LogP contribution >= 0.6 is 23.2 Å². The first kappa shape index (κ1) is 15.1. The fourth-order valence-corrected chi connectivity index (χ4v) is 2.54. The summed E-state index contributed by atoms with van der Waals surface area (Å²) < 4.78 is 13.6. The zero-order chi connectivity index (χ0) is 15.7. The first-order chi connectivity index (χ1) is 10.5. The third-order valence-corrected chi connectivity index (χ3v) is 4.03. The van der Waals surface area contributed by atoms with Crippen LogP contribution in [0.5, 0.6) is 0 Å². The number of hydrogen-bond donors (Lipinski definition) is 0. The Kier molecular flexibility index (Phi) is 3.98. The highest BCUT2D eigenvalue weighted by molar-refractivity contribution is 6.30. The van der Waals surface area contributed by atoms with Crippen molar-refractivity contribution in [1.29, 1.82) is 0 Å². The van der Waals surface area contributed by atoms with Gasteiger partial charge in [-0.15, -0.1) is 0 Å². The van der Waals surface area contributed by atoms with Crippen molar-refractivity contribution < 1.29 is 4.39 Å². The lowest BCUT2D eigenvalue weighted by molar-refractivity contribution is 0.553. The molecule has 112 valence electrons. The van der Waals surface area contributed by atoms with Crippen molar-refractivity contribution in [3.05, 3.63) is 64.5 Å². The molecule has 0 aliphatic heterocycles. The van der Waals surface area contributed by atoms with E-state index in [1.54, 1.807) is 6.07 Å². The van der Waals surface area contributed by atoms with Crippen LogP contribution < -0.4 is 0 Å². The molecule has 0 amide bonds. The minimum atomic E-state index is -0.524. The van der Waals surface area contributed by atoms with E-state index in [0.29, 0.717) is 17.2 Å². The lowest BCUT2D eigenvalue weighted by Gasteiger charge is -2.24. The average Bonchev–Trinajstić information content (AvgIpc) is 2.50. The lowest BCUT2D eigenvalue weighted by Crippen LogP contribution is -2.23. The number of hydrogen-bond acceptors (Lipinski definition) is 3. The second kappa shape index (κ2) is 5.78. The Labute approximate surface area is 137 Å². The van der Waals surface area contributed by atoms with E-state index in [1.165, 1.54) is 12.1 Å². The molecule has 2 aromatic rings.